The van der Waals surface area contributed by atoms with Crippen LogP contribution in [-0.4, -0.2) is 36.7 Å². The van der Waals surface area contributed by atoms with E-state index in [-0.39, 0.29) is 0 Å². The minimum absolute atomic E-state index is 0.291. The molecule has 0 spiro atoms. The summed E-state index contributed by atoms with van der Waals surface area (Å²) in [6, 6.07) is 0.291. The first-order valence-electron chi connectivity index (χ1n) is 5.37. The second-order valence-corrected chi connectivity index (χ2v) is 4.50. The van der Waals surface area contributed by atoms with Crippen LogP contribution < -0.4 is 5.73 Å². The minimum atomic E-state index is -0.603. The van der Waals surface area contributed by atoms with Crippen molar-refractivity contribution in [2.75, 3.05) is 19.6 Å². The second-order valence-electron chi connectivity index (χ2n) is 4.50. The summed E-state index contributed by atoms with van der Waals surface area (Å²) in [5.41, 5.74) is 6.04. The van der Waals surface area contributed by atoms with Gasteiger partial charge in [-0.15, -0.1) is 0 Å². The maximum atomic E-state index is 12.8. The SMILES string of the molecule is NC(CN1CCC(F)C1)C1CCC1. The fourth-order valence-corrected chi connectivity index (χ4v) is 2.27. The van der Waals surface area contributed by atoms with E-state index in [2.05, 4.69) is 4.90 Å². The first kappa shape index (κ1) is 9.41. The summed E-state index contributed by atoms with van der Waals surface area (Å²) in [7, 11) is 0. The molecule has 2 rings (SSSR count). The summed E-state index contributed by atoms with van der Waals surface area (Å²) in [5, 5.41) is 0. The molecule has 2 N–H and O–H groups in total. The van der Waals surface area contributed by atoms with Gasteiger partial charge in [0, 0.05) is 25.7 Å². The molecule has 2 fully saturated rings. The molecule has 3 heteroatoms. The summed E-state index contributed by atoms with van der Waals surface area (Å²) < 4.78 is 12.8. The van der Waals surface area contributed by atoms with Crippen LogP contribution in [0.4, 0.5) is 4.39 Å². The topological polar surface area (TPSA) is 29.3 Å². The highest BCUT2D eigenvalue weighted by Gasteiger charge is 2.28. The molecule has 76 valence electrons. The first-order valence-corrected chi connectivity index (χ1v) is 5.37. The van der Waals surface area contributed by atoms with Gasteiger partial charge in [-0.25, -0.2) is 4.39 Å². The fraction of sp³-hybridized carbons (Fsp3) is 1.00. The van der Waals surface area contributed by atoms with Crippen LogP contribution in [0.1, 0.15) is 25.7 Å². The molecule has 0 aromatic rings. The Bertz CT molecular complexity index is 170. The van der Waals surface area contributed by atoms with E-state index in [1.54, 1.807) is 0 Å². The Labute approximate surface area is 79.3 Å². The standard InChI is InChI=1S/C10H19FN2/c11-9-4-5-13(6-9)7-10(12)8-2-1-3-8/h8-10H,1-7,12H2. The molecule has 2 unspecified atom stereocenters. The molecule has 0 amide bonds. The van der Waals surface area contributed by atoms with Crippen LogP contribution in [0.3, 0.4) is 0 Å². The van der Waals surface area contributed by atoms with Crippen molar-refractivity contribution in [2.45, 2.75) is 37.9 Å². The molecule has 1 aliphatic carbocycles. The predicted octanol–water partition coefficient (Wildman–Crippen LogP) is 1.16. The summed E-state index contributed by atoms with van der Waals surface area (Å²) in [6.07, 6.45) is 4.01. The van der Waals surface area contributed by atoms with Gasteiger partial charge in [-0.1, -0.05) is 6.42 Å². The van der Waals surface area contributed by atoms with Gasteiger partial charge in [0.15, 0.2) is 0 Å². The van der Waals surface area contributed by atoms with Gasteiger partial charge < -0.3 is 5.73 Å². The number of hydrogen-bond acceptors (Lipinski definition) is 2. The van der Waals surface area contributed by atoms with Crippen molar-refractivity contribution in [1.82, 2.24) is 4.90 Å². The third kappa shape index (κ3) is 2.20. The van der Waals surface area contributed by atoms with Crippen LogP contribution in [0, 0.1) is 5.92 Å². The van der Waals surface area contributed by atoms with Crippen LogP contribution in [0.25, 0.3) is 0 Å². The summed E-state index contributed by atoms with van der Waals surface area (Å²) >= 11 is 0. The highest BCUT2D eigenvalue weighted by atomic mass is 19.1. The van der Waals surface area contributed by atoms with Crippen LogP contribution >= 0.6 is 0 Å². The Morgan fingerprint density at radius 3 is 2.62 bits per heavy atom. The van der Waals surface area contributed by atoms with Gasteiger partial charge in [0.05, 0.1) is 0 Å². The predicted molar refractivity (Wildman–Crippen MR) is 51.3 cm³/mol. The van der Waals surface area contributed by atoms with E-state index in [1.807, 2.05) is 0 Å². The normalized spacial score (nSPS) is 33.2. The smallest absolute Gasteiger partial charge is 0.114 e. The molecule has 0 aromatic heterocycles. The third-order valence-corrected chi connectivity index (χ3v) is 3.44. The molecule has 0 aromatic carbocycles. The van der Waals surface area contributed by atoms with Crippen LogP contribution in [-0.2, 0) is 0 Å². The van der Waals surface area contributed by atoms with Crippen LogP contribution in [0.5, 0.6) is 0 Å². The van der Waals surface area contributed by atoms with Crippen molar-refractivity contribution in [3.63, 3.8) is 0 Å². The number of rotatable bonds is 3. The van der Waals surface area contributed by atoms with E-state index in [0.717, 1.165) is 19.0 Å². The Hall–Kier alpha value is -0.150. The Morgan fingerprint density at radius 2 is 2.15 bits per heavy atom. The number of nitrogens with two attached hydrogens (primary N) is 1. The molecule has 2 atom stereocenters. The van der Waals surface area contributed by atoms with Gasteiger partial charge in [0.25, 0.3) is 0 Å². The molecular weight excluding hydrogens is 167 g/mol. The van der Waals surface area contributed by atoms with Gasteiger partial charge >= 0.3 is 0 Å². The number of halogens is 1. The van der Waals surface area contributed by atoms with Crippen molar-refractivity contribution >= 4 is 0 Å². The lowest BCUT2D eigenvalue weighted by Gasteiger charge is -2.33. The maximum absolute atomic E-state index is 12.8. The zero-order chi connectivity index (χ0) is 9.26. The minimum Gasteiger partial charge on any atom is -0.326 e. The van der Waals surface area contributed by atoms with E-state index >= 15 is 0 Å². The number of alkyl halides is 1. The van der Waals surface area contributed by atoms with Crippen LogP contribution in [0.15, 0.2) is 0 Å². The van der Waals surface area contributed by atoms with E-state index < -0.39 is 6.17 Å². The molecule has 2 nitrogen and oxygen atoms in total. The van der Waals surface area contributed by atoms with Crippen molar-refractivity contribution < 1.29 is 4.39 Å². The monoisotopic (exact) mass is 186 g/mol. The molecule has 2 aliphatic rings. The van der Waals surface area contributed by atoms with Crippen LogP contribution in [0.2, 0.25) is 0 Å². The van der Waals surface area contributed by atoms with Crippen molar-refractivity contribution in [3.05, 3.63) is 0 Å². The quantitative estimate of drug-likeness (QED) is 0.716. The van der Waals surface area contributed by atoms with E-state index in [9.17, 15) is 4.39 Å². The average Bonchev–Trinajstić information content (AvgIpc) is 2.31. The molecule has 1 saturated carbocycles. The lowest BCUT2D eigenvalue weighted by Crippen LogP contribution is -2.43. The highest BCUT2D eigenvalue weighted by Crippen LogP contribution is 2.29. The number of hydrogen-bond donors (Lipinski definition) is 1. The Morgan fingerprint density at radius 1 is 1.38 bits per heavy atom. The largest absolute Gasteiger partial charge is 0.326 e. The highest BCUT2D eigenvalue weighted by molar-refractivity contribution is 4.85. The van der Waals surface area contributed by atoms with Gasteiger partial charge in [-0.3, -0.25) is 4.90 Å². The van der Waals surface area contributed by atoms with Gasteiger partial charge in [-0.05, 0) is 25.2 Å². The third-order valence-electron chi connectivity index (χ3n) is 3.44. The Balaban J connectivity index is 1.71. The fourth-order valence-electron chi connectivity index (χ4n) is 2.27. The molecule has 1 aliphatic heterocycles. The lowest BCUT2D eigenvalue weighted by atomic mass is 9.80. The average molecular weight is 186 g/mol. The van der Waals surface area contributed by atoms with Crippen molar-refractivity contribution in [3.8, 4) is 0 Å². The summed E-state index contributed by atoms with van der Waals surface area (Å²) in [4.78, 5) is 2.17. The molecular formula is C10H19FN2. The maximum Gasteiger partial charge on any atom is 0.114 e. The number of nitrogens with zero attached hydrogens (tertiary/aromatic N) is 1. The van der Waals surface area contributed by atoms with Gasteiger partial charge in [0.2, 0.25) is 0 Å². The molecule has 0 bridgehead atoms. The van der Waals surface area contributed by atoms with E-state index in [0.29, 0.717) is 19.0 Å². The molecule has 1 heterocycles. The van der Waals surface area contributed by atoms with Gasteiger partial charge in [-0.2, -0.15) is 0 Å². The summed E-state index contributed by atoms with van der Waals surface area (Å²) in [5.74, 6) is 0.721. The van der Waals surface area contributed by atoms with Crippen molar-refractivity contribution in [2.24, 2.45) is 11.7 Å². The van der Waals surface area contributed by atoms with Crippen molar-refractivity contribution in [1.29, 1.82) is 0 Å². The lowest BCUT2D eigenvalue weighted by molar-refractivity contribution is 0.198. The molecule has 0 radical (unpaired) electrons. The van der Waals surface area contributed by atoms with E-state index in [1.165, 1.54) is 19.3 Å². The molecule has 1 saturated heterocycles. The zero-order valence-electron chi connectivity index (χ0n) is 8.08. The van der Waals surface area contributed by atoms with Gasteiger partial charge in [0.1, 0.15) is 6.17 Å². The molecule has 13 heavy (non-hydrogen) atoms. The zero-order valence-corrected chi connectivity index (χ0v) is 8.08. The van der Waals surface area contributed by atoms with E-state index in [4.69, 9.17) is 5.73 Å². The first-order chi connectivity index (χ1) is 6.25. The number of likely N-dealkylation sites (tertiary alicyclic amines) is 1. The Kier molecular flexibility index (Phi) is 2.84. The summed E-state index contributed by atoms with van der Waals surface area (Å²) in [6.45, 7) is 2.42. The second kappa shape index (κ2) is 3.93.